The number of alkyl halides is 2. The van der Waals surface area contributed by atoms with E-state index < -0.39 is 22.5 Å². The second-order valence-electron chi connectivity index (χ2n) is 7.87. The molecule has 0 aliphatic heterocycles. The molecule has 1 atom stereocenters. The second-order valence-corrected chi connectivity index (χ2v) is 9.61. The zero-order valence-corrected chi connectivity index (χ0v) is 16.3. The van der Waals surface area contributed by atoms with Crippen LogP contribution in [-0.4, -0.2) is 25.0 Å². The maximum absolute atomic E-state index is 12.7. The van der Waals surface area contributed by atoms with E-state index in [0.29, 0.717) is 10.4 Å². The molecular formula is C18H20F2N6O2S. The molecule has 1 fully saturated rings. The van der Waals surface area contributed by atoms with Crippen LogP contribution in [0.3, 0.4) is 0 Å². The van der Waals surface area contributed by atoms with Crippen LogP contribution in [0, 0.1) is 0 Å². The first-order chi connectivity index (χ1) is 13.8. The van der Waals surface area contributed by atoms with E-state index in [0.717, 1.165) is 79.7 Å². The van der Waals surface area contributed by atoms with Crippen LogP contribution in [0.4, 0.5) is 19.3 Å². The molecule has 0 unspecified atom stereocenters. The summed E-state index contributed by atoms with van der Waals surface area (Å²) < 4.78 is 41.9. The molecule has 1 saturated carbocycles. The number of carbonyl (C=O) groups is 1. The minimum atomic E-state index is -3.75. The molecule has 3 N–H and O–H groups in total. The van der Waals surface area contributed by atoms with Crippen LogP contribution >= 0.6 is 0 Å². The fourth-order valence-corrected chi connectivity index (χ4v) is 5.31. The third kappa shape index (κ3) is 3.03. The van der Waals surface area contributed by atoms with Gasteiger partial charge in [0.15, 0.2) is 14.9 Å². The van der Waals surface area contributed by atoms with Gasteiger partial charge in [0.05, 0.1) is 11.4 Å². The SMILES string of the molecule is N[S@@](=O)(=NC(=O)Nc1c2c(nc3c1CCC31CC1)CCC2)c1ccn(C(F)F)n1. The molecule has 154 valence electrons. The Kier molecular flexibility index (Phi) is 4.04. The first kappa shape index (κ1) is 18.6. The van der Waals surface area contributed by atoms with Gasteiger partial charge in [-0.2, -0.15) is 13.9 Å². The van der Waals surface area contributed by atoms with E-state index in [-0.39, 0.29) is 10.4 Å². The number of aromatic nitrogens is 3. The van der Waals surface area contributed by atoms with E-state index in [9.17, 15) is 17.8 Å². The molecule has 29 heavy (non-hydrogen) atoms. The Balaban J connectivity index is 1.48. The number of amides is 2. The van der Waals surface area contributed by atoms with Gasteiger partial charge in [0.25, 0.3) is 0 Å². The number of pyridine rings is 1. The summed E-state index contributed by atoms with van der Waals surface area (Å²) in [4.78, 5) is 17.5. The van der Waals surface area contributed by atoms with Gasteiger partial charge in [-0.15, -0.1) is 4.36 Å². The summed E-state index contributed by atoms with van der Waals surface area (Å²) in [5.74, 6) is 0. The zero-order valence-electron chi connectivity index (χ0n) is 15.5. The highest BCUT2D eigenvalue weighted by Crippen LogP contribution is 2.58. The Morgan fingerprint density at radius 1 is 1.28 bits per heavy atom. The monoisotopic (exact) mass is 422 g/mol. The number of halogens is 2. The maximum atomic E-state index is 12.7. The number of rotatable bonds is 3. The lowest BCUT2D eigenvalue weighted by atomic mass is 10.0. The van der Waals surface area contributed by atoms with Crippen molar-refractivity contribution in [2.75, 3.05) is 5.32 Å². The number of aryl methyl sites for hydroxylation is 1. The molecule has 8 nitrogen and oxygen atoms in total. The average Bonchev–Trinajstić information content (AvgIpc) is 3.05. The number of nitrogens with zero attached hydrogens (tertiary/aromatic N) is 4. The lowest BCUT2D eigenvalue weighted by Crippen LogP contribution is -2.20. The summed E-state index contributed by atoms with van der Waals surface area (Å²) in [6, 6.07) is 0.201. The van der Waals surface area contributed by atoms with Crippen LogP contribution in [0.2, 0.25) is 0 Å². The van der Waals surface area contributed by atoms with E-state index in [2.05, 4.69) is 14.8 Å². The van der Waals surface area contributed by atoms with Crippen molar-refractivity contribution in [2.45, 2.75) is 61.9 Å². The minimum Gasteiger partial charge on any atom is -0.305 e. The Labute approximate surface area is 166 Å². The van der Waals surface area contributed by atoms with Gasteiger partial charge in [-0.25, -0.2) is 18.8 Å². The van der Waals surface area contributed by atoms with Crippen molar-refractivity contribution in [3.63, 3.8) is 0 Å². The molecule has 2 amide bonds. The van der Waals surface area contributed by atoms with Gasteiger partial charge < -0.3 is 5.32 Å². The molecule has 2 aromatic rings. The van der Waals surface area contributed by atoms with E-state index in [1.165, 1.54) is 0 Å². The lowest BCUT2D eigenvalue weighted by Gasteiger charge is -2.16. The molecule has 3 aliphatic carbocycles. The zero-order chi connectivity index (χ0) is 20.4. The normalized spacial score (nSPS) is 20.4. The lowest BCUT2D eigenvalue weighted by molar-refractivity contribution is 0.0554. The predicted octanol–water partition coefficient (Wildman–Crippen LogP) is 3.07. The summed E-state index contributed by atoms with van der Waals surface area (Å²) in [7, 11) is -3.75. The van der Waals surface area contributed by atoms with E-state index in [1.807, 2.05) is 0 Å². The van der Waals surface area contributed by atoms with Gasteiger partial charge in [-0.1, -0.05) is 0 Å². The number of anilines is 1. The van der Waals surface area contributed by atoms with Crippen molar-refractivity contribution in [3.05, 3.63) is 34.8 Å². The molecule has 0 saturated heterocycles. The highest BCUT2D eigenvalue weighted by molar-refractivity contribution is 7.91. The fraction of sp³-hybridized carbons (Fsp3) is 0.500. The molecule has 0 bridgehead atoms. The number of urea groups is 1. The van der Waals surface area contributed by atoms with Gasteiger partial charge in [0.1, 0.15) is 0 Å². The van der Waals surface area contributed by atoms with Gasteiger partial charge >= 0.3 is 12.6 Å². The van der Waals surface area contributed by atoms with Gasteiger partial charge in [-0.3, -0.25) is 4.98 Å². The van der Waals surface area contributed by atoms with E-state index in [4.69, 9.17) is 10.1 Å². The molecule has 2 heterocycles. The van der Waals surface area contributed by atoms with Crippen LogP contribution in [0.1, 0.15) is 54.7 Å². The van der Waals surface area contributed by atoms with E-state index >= 15 is 0 Å². The highest BCUT2D eigenvalue weighted by Gasteiger charge is 2.51. The molecule has 0 aromatic carbocycles. The molecule has 0 radical (unpaired) electrons. The summed E-state index contributed by atoms with van der Waals surface area (Å²) in [5, 5.41) is 11.5. The smallest absolute Gasteiger partial charge is 0.305 e. The third-order valence-corrected chi connectivity index (χ3v) is 7.32. The first-order valence-corrected chi connectivity index (χ1v) is 11.1. The Morgan fingerprint density at radius 2 is 2.07 bits per heavy atom. The second kappa shape index (κ2) is 6.30. The quantitative estimate of drug-likeness (QED) is 0.791. The summed E-state index contributed by atoms with van der Waals surface area (Å²) in [5.41, 5.74) is 5.02. The van der Waals surface area contributed by atoms with Crippen LogP contribution in [0.15, 0.2) is 21.7 Å². The Hall–Kier alpha value is -2.40. The fourth-order valence-electron chi connectivity index (χ4n) is 4.46. The van der Waals surface area contributed by atoms with E-state index in [1.54, 1.807) is 0 Å². The topological polar surface area (TPSA) is 115 Å². The van der Waals surface area contributed by atoms with Crippen molar-refractivity contribution in [1.82, 2.24) is 14.8 Å². The predicted molar refractivity (Wildman–Crippen MR) is 101 cm³/mol. The molecule has 2 aromatic heterocycles. The molecule has 11 heteroatoms. The molecular weight excluding hydrogens is 402 g/mol. The Morgan fingerprint density at radius 3 is 2.76 bits per heavy atom. The number of nitrogens with two attached hydrogens (primary N) is 1. The third-order valence-electron chi connectivity index (χ3n) is 6.07. The largest absolute Gasteiger partial charge is 0.354 e. The van der Waals surface area contributed by atoms with Crippen molar-refractivity contribution < 1.29 is 17.8 Å². The van der Waals surface area contributed by atoms with Crippen LogP contribution < -0.4 is 10.5 Å². The van der Waals surface area contributed by atoms with Gasteiger partial charge in [0, 0.05) is 17.3 Å². The number of fused-ring (bicyclic) bond motifs is 3. The number of carbonyl (C=O) groups excluding carboxylic acids is 1. The maximum Gasteiger partial charge on any atom is 0.354 e. The van der Waals surface area contributed by atoms with Crippen molar-refractivity contribution in [1.29, 1.82) is 0 Å². The van der Waals surface area contributed by atoms with Crippen molar-refractivity contribution in [2.24, 2.45) is 9.50 Å². The number of hydrogen-bond acceptors (Lipinski definition) is 4. The van der Waals surface area contributed by atoms with Crippen molar-refractivity contribution >= 4 is 21.6 Å². The van der Waals surface area contributed by atoms with Crippen LogP contribution in [0.5, 0.6) is 0 Å². The standard InChI is InChI=1S/C18H20F2N6O2S/c19-16(20)26-9-5-13(24-26)29(21,28)25-17(27)23-14-10-2-1-3-12(10)22-15-11(14)4-6-18(15)7-8-18/h5,9,16H,1-4,6-8H2,(H3,21,22,23,25,27,28)/t29-/m1/s1. The average molecular weight is 422 g/mol. The number of nitrogens with one attached hydrogen (secondary N) is 1. The summed E-state index contributed by atoms with van der Waals surface area (Å²) in [6.45, 7) is -2.90. The van der Waals surface area contributed by atoms with Gasteiger partial charge in [-0.05, 0) is 62.1 Å². The molecule has 3 aliphatic rings. The summed E-state index contributed by atoms with van der Waals surface area (Å²) in [6.07, 6.45) is 7.69. The number of hydrogen-bond donors (Lipinski definition) is 2. The Bertz CT molecular complexity index is 1150. The van der Waals surface area contributed by atoms with Crippen LogP contribution in [0.25, 0.3) is 0 Å². The molecule has 5 rings (SSSR count). The minimum absolute atomic E-state index is 0.160. The van der Waals surface area contributed by atoms with Crippen molar-refractivity contribution in [3.8, 4) is 0 Å². The highest BCUT2D eigenvalue weighted by atomic mass is 32.2. The van der Waals surface area contributed by atoms with Crippen LogP contribution in [-0.2, 0) is 34.6 Å². The molecule has 1 spiro atoms. The summed E-state index contributed by atoms with van der Waals surface area (Å²) >= 11 is 0. The first-order valence-electron chi connectivity index (χ1n) is 9.53. The van der Waals surface area contributed by atoms with Gasteiger partial charge in [0.2, 0.25) is 0 Å².